The number of primary amides is 1. The molecule has 0 saturated carbocycles. The SMILES string of the molecule is NC(=O)c1c(NC(=O)c2ccccc2)ncn1Cc1cccc(C(F)(F)F)c1. The number of nitrogens with zero attached hydrogens (tertiary/aromatic N) is 2. The summed E-state index contributed by atoms with van der Waals surface area (Å²) in [7, 11) is 0. The standard InChI is InChI=1S/C19H15F3N4O2/c20-19(21,22)14-8-4-5-12(9-14)10-26-11-24-17(15(26)16(23)27)25-18(28)13-6-2-1-3-7-13/h1-9,11H,10H2,(H2,23,27)(H,25,28). The Morgan fingerprint density at radius 1 is 1.07 bits per heavy atom. The average molecular weight is 388 g/mol. The maximum atomic E-state index is 12.9. The molecule has 144 valence electrons. The highest BCUT2D eigenvalue weighted by Gasteiger charge is 2.30. The van der Waals surface area contributed by atoms with E-state index in [-0.39, 0.29) is 18.1 Å². The number of anilines is 1. The topological polar surface area (TPSA) is 90.0 Å². The number of nitrogens with one attached hydrogen (secondary N) is 1. The van der Waals surface area contributed by atoms with Crippen LogP contribution in [0.4, 0.5) is 19.0 Å². The Kier molecular flexibility index (Phi) is 5.16. The summed E-state index contributed by atoms with van der Waals surface area (Å²) in [5.41, 5.74) is 5.14. The van der Waals surface area contributed by atoms with Crippen molar-refractivity contribution in [1.29, 1.82) is 0 Å². The summed E-state index contributed by atoms with van der Waals surface area (Å²) in [5, 5.41) is 2.50. The fraction of sp³-hybridized carbons (Fsp3) is 0.105. The van der Waals surface area contributed by atoms with Crippen molar-refractivity contribution in [3.63, 3.8) is 0 Å². The molecule has 0 spiro atoms. The van der Waals surface area contributed by atoms with Crippen LogP contribution in [0.5, 0.6) is 0 Å². The second-order valence-electron chi connectivity index (χ2n) is 5.95. The van der Waals surface area contributed by atoms with Gasteiger partial charge in [0.05, 0.1) is 11.9 Å². The first-order chi connectivity index (χ1) is 13.3. The van der Waals surface area contributed by atoms with Crippen LogP contribution in [0.25, 0.3) is 0 Å². The van der Waals surface area contributed by atoms with Crippen molar-refractivity contribution in [3.05, 3.63) is 83.3 Å². The normalized spacial score (nSPS) is 11.2. The number of amides is 2. The number of hydrogen-bond donors (Lipinski definition) is 2. The number of carbonyl (C=O) groups is 2. The summed E-state index contributed by atoms with van der Waals surface area (Å²) >= 11 is 0. The molecule has 9 heteroatoms. The van der Waals surface area contributed by atoms with E-state index in [0.717, 1.165) is 12.1 Å². The third-order valence-electron chi connectivity index (χ3n) is 3.95. The van der Waals surface area contributed by atoms with E-state index >= 15 is 0 Å². The maximum absolute atomic E-state index is 12.9. The number of hydrogen-bond acceptors (Lipinski definition) is 3. The molecule has 0 bridgehead atoms. The third-order valence-corrected chi connectivity index (χ3v) is 3.95. The number of aromatic nitrogens is 2. The fourth-order valence-electron chi connectivity index (χ4n) is 2.66. The molecule has 1 heterocycles. The molecule has 3 rings (SSSR count). The zero-order valence-electron chi connectivity index (χ0n) is 14.4. The van der Waals surface area contributed by atoms with Crippen LogP contribution < -0.4 is 11.1 Å². The molecule has 0 unspecified atom stereocenters. The molecule has 28 heavy (non-hydrogen) atoms. The van der Waals surface area contributed by atoms with Gasteiger partial charge in [-0.1, -0.05) is 30.3 Å². The van der Waals surface area contributed by atoms with Crippen LogP contribution in [-0.4, -0.2) is 21.4 Å². The second kappa shape index (κ2) is 7.55. The van der Waals surface area contributed by atoms with Crippen molar-refractivity contribution < 1.29 is 22.8 Å². The number of nitrogens with two attached hydrogens (primary N) is 1. The summed E-state index contributed by atoms with van der Waals surface area (Å²) in [6, 6.07) is 13.0. The average Bonchev–Trinajstić information content (AvgIpc) is 3.04. The smallest absolute Gasteiger partial charge is 0.364 e. The number of carbonyl (C=O) groups excluding carboxylic acids is 2. The summed E-state index contributed by atoms with van der Waals surface area (Å²) in [6.45, 7) is -0.0730. The largest absolute Gasteiger partial charge is 0.416 e. The Labute approximate surface area is 157 Å². The highest BCUT2D eigenvalue weighted by molar-refractivity contribution is 6.07. The van der Waals surface area contributed by atoms with Crippen molar-refractivity contribution in [2.45, 2.75) is 12.7 Å². The van der Waals surface area contributed by atoms with Crippen LogP contribution >= 0.6 is 0 Å². The lowest BCUT2D eigenvalue weighted by molar-refractivity contribution is -0.137. The lowest BCUT2D eigenvalue weighted by Gasteiger charge is -2.11. The monoisotopic (exact) mass is 388 g/mol. The molecule has 6 nitrogen and oxygen atoms in total. The van der Waals surface area contributed by atoms with E-state index in [1.54, 1.807) is 30.3 Å². The third kappa shape index (κ3) is 4.20. The Morgan fingerprint density at radius 3 is 2.43 bits per heavy atom. The van der Waals surface area contributed by atoms with E-state index in [0.29, 0.717) is 11.1 Å². The molecule has 3 N–H and O–H groups in total. The highest BCUT2D eigenvalue weighted by atomic mass is 19.4. The van der Waals surface area contributed by atoms with E-state index in [1.807, 2.05) is 0 Å². The lowest BCUT2D eigenvalue weighted by atomic mass is 10.1. The molecular formula is C19H15F3N4O2. The van der Waals surface area contributed by atoms with E-state index in [4.69, 9.17) is 5.73 Å². The zero-order chi connectivity index (χ0) is 20.3. The van der Waals surface area contributed by atoms with E-state index in [1.165, 1.54) is 23.0 Å². The summed E-state index contributed by atoms with van der Waals surface area (Å²) in [4.78, 5) is 28.1. The summed E-state index contributed by atoms with van der Waals surface area (Å²) < 4.78 is 39.9. The van der Waals surface area contributed by atoms with Gasteiger partial charge in [-0.3, -0.25) is 9.59 Å². The number of halogens is 3. The Hall–Kier alpha value is -3.62. The minimum atomic E-state index is -4.48. The van der Waals surface area contributed by atoms with Gasteiger partial charge >= 0.3 is 6.18 Å². The van der Waals surface area contributed by atoms with Crippen LogP contribution in [0.15, 0.2) is 60.9 Å². The first kappa shape index (κ1) is 19.2. The number of rotatable bonds is 5. The molecule has 0 aliphatic carbocycles. The maximum Gasteiger partial charge on any atom is 0.416 e. The zero-order valence-corrected chi connectivity index (χ0v) is 14.4. The van der Waals surface area contributed by atoms with Gasteiger partial charge in [0, 0.05) is 12.1 Å². The van der Waals surface area contributed by atoms with Gasteiger partial charge in [-0.15, -0.1) is 0 Å². The molecular weight excluding hydrogens is 373 g/mol. The second-order valence-corrected chi connectivity index (χ2v) is 5.95. The van der Waals surface area contributed by atoms with Gasteiger partial charge in [-0.2, -0.15) is 13.2 Å². The molecule has 0 radical (unpaired) electrons. The number of imidazole rings is 1. The Bertz CT molecular complexity index is 1010. The van der Waals surface area contributed by atoms with E-state index in [2.05, 4.69) is 10.3 Å². The van der Waals surface area contributed by atoms with Gasteiger partial charge in [-0.25, -0.2) is 4.98 Å². The van der Waals surface area contributed by atoms with Crippen molar-refractivity contribution >= 4 is 17.6 Å². The van der Waals surface area contributed by atoms with Crippen molar-refractivity contribution in [3.8, 4) is 0 Å². The van der Waals surface area contributed by atoms with Crippen LogP contribution in [-0.2, 0) is 12.7 Å². The van der Waals surface area contributed by atoms with Crippen LogP contribution in [0.1, 0.15) is 32.0 Å². The summed E-state index contributed by atoms with van der Waals surface area (Å²) in [6.07, 6.45) is -3.24. The lowest BCUT2D eigenvalue weighted by Crippen LogP contribution is -2.21. The molecule has 1 aromatic heterocycles. The molecule has 0 fully saturated rings. The highest BCUT2D eigenvalue weighted by Crippen LogP contribution is 2.30. The van der Waals surface area contributed by atoms with Gasteiger partial charge in [0.15, 0.2) is 11.5 Å². The number of alkyl halides is 3. The van der Waals surface area contributed by atoms with E-state index < -0.39 is 23.6 Å². The fourth-order valence-corrected chi connectivity index (χ4v) is 2.66. The molecule has 3 aromatic rings. The van der Waals surface area contributed by atoms with Gasteiger partial charge in [-0.05, 0) is 29.8 Å². The molecule has 0 atom stereocenters. The molecule has 2 aromatic carbocycles. The van der Waals surface area contributed by atoms with E-state index in [9.17, 15) is 22.8 Å². The van der Waals surface area contributed by atoms with Gasteiger partial charge in [0.2, 0.25) is 0 Å². The predicted molar refractivity (Wildman–Crippen MR) is 95.7 cm³/mol. The predicted octanol–water partition coefficient (Wildman–Crippen LogP) is 3.30. The summed E-state index contributed by atoms with van der Waals surface area (Å²) in [5.74, 6) is -1.42. The van der Waals surface area contributed by atoms with Gasteiger partial charge in [0.25, 0.3) is 11.8 Å². The minimum absolute atomic E-state index is 0.0617. The molecule has 0 saturated heterocycles. The Morgan fingerprint density at radius 2 is 1.79 bits per heavy atom. The van der Waals surface area contributed by atoms with Crippen molar-refractivity contribution in [2.75, 3.05) is 5.32 Å². The first-order valence-corrected chi connectivity index (χ1v) is 8.13. The Balaban J connectivity index is 1.87. The van der Waals surface area contributed by atoms with Gasteiger partial charge < -0.3 is 15.6 Å². The van der Waals surface area contributed by atoms with Crippen LogP contribution in [0, 0.1) is 0 Å². The van der Waals surface area contributed by atoms with Gasteiger partial charge in [0.1, 0.15) is 0 Å². The van der Waals surface area contributed by atoms with Crippen LogP contribution in [0.2, 0.25) is 0 Å². The van der Waals surface area contributed by atoms with Crippen LogP contribution in [0.3, 0.4) is 0 Å². The molecule has 0 aliphatic heterocycles. The first-order valence-electron chi connectivity index (χ1n) is 8.13. The number of benzene rings is 2. The van der Waals surface area contributed by atoms with Crippen molar-refractivity contribution in [1.82, 2.24) is 9.55 Å². The quantitative estimate of drug-likeness (QED) is 0.703. The molecule has 0 aliphatic rings. The minimum Gasteiger partial charge on any atom is -0.364 e. The van der Waals surface area contributed by atoms with Crippen molar-refractivity contribution in [2.24, 2.45) is 5.73 Å². The molecule has 2 amide bonds.